The van der Waals surface area contributed by atoms with Crippen molar-refractivity contribution in [3.8, 4) is 11.1 Å². The van der Waals surface area contributed by atoms with Gasteiger partial charge in [-0.3, -0.25) is 4.79 Å². The van der Waals surface area contributed by atoms with Crippen LogP contribution in [0.15, 0.2) is 54.0 Å². The van der Waals surface area contributed by atoms with Crippen LogP contribution in [0.4, 0.5) is 9.39 Å². The van der Waals surface area contributed by atoms with Crippen molar-refractivity contribution < 1.29 is 19.1 Å². The number of rotatable bonds is 4. The van der Waals surface area contributed by atoms with E-state index in [-0.39, 0.29) is 21.8 Å². The predicted molar refractivity (Wildman–Crippen MR) is 105 cm³/mol. The normalized spacial score (nSPS) is 10.9. The van der Waals surface area contributed by atoms with Gasteiger partial charge in [0.05, 0.1) is 0 Å². The molecule has 6 nitrogen and oxygen atoms in total. The maximum absolute atomic E-state index is 13.8. The number of benzene rings is 1. The lowest BCUT2D eigenvalue weighted by Crippen LogP contribution is -2.14. The number of hydrogen-bond acceptors (Lipinski definition) is 4. The molecule has 1 amide bonds. The molecule has 2 N–H and O–H groups in total. The number of aromatic nitrogens is 2. The van der Waals surface area contributed by atoms with Gasteiger partial charge in [-0.15, -0.1) is 11.3 Å². The second-order valence-electron chi connectivity index (χ2n) is 5.84. The lowest BCUT2D eigenvalue weighted by molar-refractivity contribution is 0.0699. The van der Waals surface area contributed by atoms with Crippen LogP contribution in [0.3, 0.4) is 0 Å². The number of nitrogens with one attached hydrogen (secondary N) is 1. The van der Waals surface area contributed by atoms with Gasteiger partial charge in [-0.1, -0.05) is 23.7 Å². The first-order chi connectivity index (χ1) is 13.4. The molecule has 0 aliphatic heterocycles. The number of pyridine rings is 1. The Balaban J connectivity index is 1.69. The summed E-state index contributed by atoms with van der Waals surface area (Å²) in [6.07, 6.45) is 1.52. The van der Waals surface area contributed by atoms with Crippen LogP contribution in [0.5, 0.6) is 0 Å². The molecule has 28 heavy (non-hydrogen) atoms. The van der Waals surface area contributed by atoms with Gasteiger partial charge in [0.1, 0.15) is 21.9 Å². The van der Waals surface area contributed by atoms with Gasteiger partial charge < -0.3 is 10.4 Å². The van der Waals surface area contributed by atoms with Crippen molar-refractivity contribution in [1.82, 2.24) is 9.61 Å². The monoisotopic (exact) mass is 415 g/mol. The van der Waals surface area contributed by atoms with E-state index in [1.54, 1.807) is 29.6 Å². The first kappa shape index (κ1) is 18.1. The molecule has 0 radical (unpaired) electrons. The van der Waals surface area contributed by atoms with Gasteiger partial charge in [0.25, 0.3) is 5.91 Å². The Bertz CT molecular complexity index is 1220. The number of thiophene rings is 1. The third-order valence-corrected chi connectivity index (χ3v) is 5.22. The van der Waals surface area contributed by atoms with Crippen molar-refractivity contribution in [2.24, 2.45) is 0 Å². The third kappa shape index (κ3) is 3.23. The molecule has 0 bridgehead atoms. The van der Waals surface area contributed by atoms with Crippen molar-refractivity contribution in [1.29, 1.82) is 0 Å². The molecule has 1 aromatic carbocycles. The van der Waals surface area contributed by atoms with Gasteiger partial charge >= 0.3 is 5.97 Å². The van der Waals surface area contributed by atoms with Crippen molar-refractivity contribution in [3.05, 3.63) is 76.1 Å². The highest BCUT2D eigenvalue weighted by Gasteiger charge is 2.22. The molecule has 0 aliphatic rings. The summed E-state index contributed by atoms with van der Waals surface area (Å²) < 4.78 is 15.0. The number of nitrogens with zero attached hydrogens (tertiary/aromatic N) is 2. The summed E-state index contributed by atoms with van der Waals surface area (Å²) in [7, 11) is 0. The first-order valence-electron chi connectivity index (χ1n) is 8.00. The molecule has 0 atom stereocenters. The number of anilines is 1. The molecule has 0 fully saturated rings. The predicted octanol–water partition coefficient (Wildman–Crippen LogP) is 4.81. The van der Waals surface area contributed by atoms with Crippen LogP contribution in [0, 0.1) is 5.82 Å². The number of amides is 1. The second kappa shape index (κ2) is 7.06. The molecule has 140 valence electrons. The van der Waals surface area contributed by atoms with Crippen LogP contribution in [-0.4, -0.2) is 26.6 Å². The maximum Gasteiger partial charge on any atom is 0.339 e. The van der Waals surface area contributed by atoms with E-state index in [1.165, 1.54) is 28.9 Å². The minimum Gasteiger partial charge on any atom is -0.478 e. The van der Waals surface area contributed by atoms with Gasteiger partial charge in [0.2, 0.25) is 0 Å². The molecule has 3 heterocycles. The summed E-state index contributed by atoms with van der Waals surface area (Å²) in [6.45, 7) is 0. The molecule has 0 aliphatic carbocycles. The number of carboxylic acids is 1. The SMILES string of the molecule is O=C(Nc1scc(-c2ccc(Cl)cc2)c1C(=O)O)c1cc2c(F)cccn2n1. The Kier molecular flexibility index (Phi) is 4.58. The topological polar surface area (TPSA) is 83.7 Å². The van der Waals surface area contributed by atoms with E-state index in [9.17, 15) is 19.1 Å². The second-order valence-corrected chi connectivity index (χ2v) is 7.15. The molecule has 0 saturated heterocycles. The van der Waals surface area contributed by atoms with E-state index < -0.39 is 17.7 Å². The molecular formula is C19H11ClFN3O3S. The lowest BCUT2D eigenvalue weighted by atomic mass is 10.0. The zero-order valence-electron chi connectivity index (χ0n) is 14.0. The molecule has 0 saturated carbocycles. The third-order valence-electron chi connectivity index (χ3n) is 4.07. The highest BCUT2D eigenvalue weighted by molar-refractivity contribution is 7.15. The quantitative estimate of drug-likeness (QED) is 0.501. The average Bonchev–Trinajstić information content (AvgIpc) is 3.27. The van der Waals surface area contributed by atoms with Crippen molar-refractivity contribution in [3.63, 3.8) is 0 Å². The fraction of sp³-hybridized carbons (Fsp3) is 0. The zero-order chi connectivity index (χ0) is 19.8. The number of aromatic carboxylic acids is 1. The Morgan fingerprint density at radius 3 is 2.64 bits per heavy atom. The van der Waals surface area contributed by atoms with Crippen LogP contribution >= 0.6 is 22.9 Å². The fourth-order valence-corrected chi connectivity index (χ4v) is 3.85. The van der Waals surface area contributed by atoms with E-state index >= 15 is 0 Å². The Morgan fingerprint density at radius 2 is 1.96 bits per heavy atom. The van der Waals surface area contributed by atoms with Crippen molar-refractivity contribution >= 4 is 45.3 Å². The van der Waals surface area contributed by atoms with E-state index in [1.807, 2.05) is 0 Å². The molecule has 0 unspecified atom stereocenters. The maximum atomic E-state index is 13.8. The molecular weight excluding hydrogens is 405 g/mol. The van der Waals surface area contributed by atoms with Gasteiger partial charge in [-0.25, -0.2) is 13.7 Å². The van der Waals surface area contributed by atoms with E-state index in [4.69, 9.17) is 11.6 Å². The van der Waals surface area contributed by atoms with Gasteiger partial charge in [-0.05, 0) is 35.9 Å². The molecule has 4 rings (SSSR count). The Morgan fingerprint density at radius 1 is 1.21 bits per heavy atom. The number of carbonyl (C=O) groups excluding carboxylic acids is 1. The highest BCUT2D eigenvalue weighted by Crippen LogP contribution is 2.36. The smallest absolute Gasteiger partial charge is 0.339 e. The number of carboxylic acid groups (broad SMARTS) is 1. The molecule has 4 aromatic rings. The van der Waals surface area contributed by atoms with Crippen LogP contribution in [0.1, 0.15) is 20.8 Å². The largest absolute Gasteiger partial charge is 0.478 e. The van der Waals surface area contributed by atoms with Crippen LogP contribution < -0.4 is 5.32 Å². The Hall–Kier alpha value is -3.23. The zero-order valence-corrected chi connectivity index (χ0v) is 15.6. The summed E-state index contributed by atoms with van der Waals surface area (Å²) >= 11 is 6.96. The van der Waals surface area contributed by atoms with Crippen molar-refractivity contribution in [2.45, 2.75) is 0 Å². The van der Waals surface area contributed by atoms with Crippen LogP contribution in [0.2, 0.25) is 5.02 Å². The average molecular weight is 416 g/mol. The lowest BCUT2D eigenvalue weighted by Gasteiger charge is -2.05. The highest BCUT2D eigenvalue weighted by atomic mass is 35.5. The number of fused-ring (bicyclic) bond motifs is 1. The fourth-order valence-electron chi connectivity index (χ4n) is 2.76. The van der Waals surface area contributed by atoms with Crippen LogP contribution in [-0.2, 0) is 0 Å². The summed E-state index contributed by atoms with van der Waals surface area (Å²) in [6, 6.07) is 10.8. The van der Waals surface area contributed by atoms with Gasteiger partial charge in [0.15, 0.2) is 5.69 Å². The summed E-state index contributed by atoms with van der Waals surface area (Å²) in [5, 5.41) is 18.6. The summed E-state index contributed by atoms with van der Waals surface area (Å²) in [5.74, 6) is -2.32. The van der Waals surface area contributed by atoms with Crippen LogP contribution in [0.25, 0.3) is 16.6 Å². The molecule has 0 spiro atoms. The number of carbonyl (C=O) groups is 2. The summed E-state index contributed by atoms with van der Waals surface area (Å²) in [4.78, 5) is 24.4. The number of halogens is 2. The Labute approximate surface area is 166 Å². The standard InChI is InChI=1S/C19H11ClFN3O3S/c20-11-5-3-10(4-6-11)12-9-28-18(16(12)19(26)27)22-17(25)14-8-15-13(21)2-1-7-24(15)23-14/h1-9H,(H,22,25)(H,26,27). The van der Waals surface area contributed by atoms with E-state index in [0.29, 0.717) is 16.1 Å². The minimum atomic E-state index is -1.18. The van der Waals surface area contributed by atoms with Gasteiger partial charge in [-0.2, -0.15) is 5.10 Å². The first-order valence-corrected chi connectivity index (χ1v) is 9.26. The molecule has 9 heteroatoms. The van der Waals surface area contributed by atoms with E-state index in [2.05, 4.69) is 10.4 Å². The minimum absolute atomic E-state index is 0.0251. The number of hydrogen-bond donors (Lipinski definition) is 2. The van der Waals surface area contributed by atoms with Crippen molar-refractivity contribution in [2.75, 3.05) is 5.32 Å². The van der Waals surface area contributed by atoms with E-state index in [0.717, 1.165) is 11.3 Å². The molecule has 3 aromatic heterocycles. The van der Waals surface area contributed by atoms with Gasteiger partial charge in [0, 0.05) is 22.2 Å². The summed E-state index contributed by atoms with van der Waals surface area (Å²) in [5.41, 5.74) is 1.22.